The van der Waals surface area contributed by atoms with E-state index in [2.05, 4.69) is 25.6 Å². The Labute approximate surface area is 282 Å². The number of aromatic nitrogens is 4. The van der Waals surface area contributed by atoms with Gasteiger partial charge in [0.1, 0.15) is 24.1 Å². The normalized spacial score (nSPS) is 16.4. The highest BCUT2D eigenvalue weighted by Gasteiger charge is 2.30. The van der Waals surface area contributed by atoms with Gasteiger partial charge >= 0.3 is 16.3 Å². The maximum atomic E-state index is 13.5. The van der Waals surface area contributed by atoms with Gasteiger partial charge in [-0.25, -0.2) is 19.5 Å². The number of amides is 2. The first-order valence-corrected chi connectivity index (χ1v) is 17.3. The lowest BCUT2D eigenvalue weighted by atomic mass is 10.0. The van der Waals surface area contributed by atoms with Gasteiger partial charge in [0.05, 0.1) is 30.6 Å². The van der Waals surface area contributed by atoms with Gasteiger partial charge in [0.2, 0.25) is 11.9 Å². The Hall–Kier alpha value is -4.72. The summed E-state index contributed by atoms with van der Waals surface area (Å²) in [7, 11) is -4.17. The molecule has 18 nitrogen and oxygen atoms in total. The van der Waals surface area contributed by atoms with E-state index in [1.54, 1.807) is 30.0 Å². The molecule has 1 aliphatic carbocycles. The van der Waals surface area contributed by atoms with Gasteiger partial charge < -0.3 is 31.1 Å². The van der Waals surface area contributed by atoms with E-state index in [4.69, 9.17) is 15.6 Å². The molecular weight excluding hydrogens is 660 g/mol. The fourth-order valence-electron chi connectivity index (χ4n) is 5.99. The molecule has 0 unspecified atom stereocenters. The predicted molar refractivity (Wildman–Crippen MR) is 179 cm³/mol. The topological polar surface area (TPSA) is 244 Å². The number of fused-ring (bicyclic) bond motifs is 1. The van der Waals surface area contributed by atoms with Crippen molar-refractivity contribution in [3.05, 3.63) is 46.0 Å². The number of piperazine rings is 1. The number of ether oxygens (including phenoxy) is 1. The zero-order chi connectivity index (χ0) is 35.3. The second-order valence-corrected chi connectivity index (χ2v) is 13.5. The fraction of sp³-hybridized carbons (Fsp3) is 0.500. The standard InChI is InChI=1S/C30H40N10O8S/c1-18-22-16-34-29(36-26(22)40(20-5-3-4-6-20)28(44)25(18)19(2)42)35-24-8-7-21(15-33-24)38-10-12-39(13-11-38)49(46,47)37-30(45)48-14-9-32-27(43)23(31)17-41/h7-8,15-16,20,23,41H,3-6,9-14,17,31H2,1-2H3,(H,32,43)(H,37,45)(H,33,34,35,36)/t23-/m0/s1. The van der Waals surface area contributed by atoms with Crippen molar-refractivity contribution >= 4 is 56.5 Å². The number of rotatable bonds is 12. The second-order valence-electron chi connectivity index (χ2n) is 11.8. The number of hydrogen-bond donors (Lipinski definition) is 5. The lowest BCUT2D eigenvalue weighted by Gasteiger charge is -2.34. The molecular formula is C30H40N10O8S. The minimum atomic E-state index is -4.17. The number of pyridine rings is 2. The van der Waals surface area contributed by atoms with Crippen LogP contribution in [-0.2, 0) is 19.7 Å². The Balaban J connectivity index is 1.18. The van der Waals surface area contributed by atoms with E-state index in [9.17, 15) is 27.6 Å². The number of anilines is 3. The molecule has 1 atom stereocenters. The van der Waals surface area contributed by atoms with Crippen LogP contribution in [0.2, 0.25) is 0 Å². The van der Waals surface area contributed by atoms with Crippen molar-refractivity contribution in [2.75, 3.05) is 56.2 Å². The monoisotopic (exact) mass is 700 g/mol. The third-order valence-electron chi connectivity index (χ3n) is 8.56. The summed E-state index contributed by atoms with van der Waals surface area (Å²) in [6.07, 6.45) is 5.72. The lowest BCUT2D eigenvalue weighted by molar-refractivity contribution is -0.123. The molecule has 3 aromatic rings. The molecule has 1 aliphatic heterocycles. The quantitative estimate of drug-likeness (QED) is 0.124. The van der Waals surface area contributed by atoms with E-state index in [-0.39, 0.29) is 55.1 Å². The number of hydrogen-bond acceptors (Lipinski definition) is 14. The van der Waals surface area contributed by atoms with E-state index < -0.39 is 34.9 Å². The number of aryl methyl sites for hydroxylation is 1. The van der Waals surface area contributed by atoms with E-state index in [0.29, 0.717) is 35.5 Å². The van der Waals surface area contributed by atoms with Gasteiger partial charge in [0.15, 0.2) is 5.78 Å². The third kappa shape index (κ3) is 8.12. The number of ketones is 1. The van der Waals surface area contributed by atoms with Crippen LogP contribution in [0.4, 0.5) is 22.2 Å². The largest absolute Gasteiger partial charge is 0.447 e. The van der Waals surface area contributed by atoms with Gasteiger partial charge in [-0.15, -0.1) is 0 Å². The summed E-state index contributed by atoms with van der Waals surface area (Å²) in [6.45, 7) is 3.02. The number of nitrogens with two attached hydrogens (primary N) is 1. The van der Waals surface area contributed by atoms with Crippen molar-refractivity contribution in [1.29, 1.82) is 0 Å². The smallest absolute Gasteiger partial charge is 0.421 e. The average molecular weight is 701 g/mol. The van der Waals surface area contributed by atoms with Crippen LogP contribution in [0.1, 0.15) is 54.6 Å². The molecule has 1 saturated carbocycles. The maximum Gasteiger partial charge on any atom is 0.421 e. The number of aliphatic hydroxyl groups is 1. The number of Topliss-reactive ketones (excluding diaryl/α,β-unsaturated/α-hetero) is 1. The van der Waals surface area contributed by atoms with Crippen molar-refractivity contribution in [3.8, 4) is 0 Å². The number of nitrogens with zero attached hydrogens (tertiary/aromatic N) is 6. The van der Waals surface area contributed by atoms with Crippen LogP contribution in [0.15, 0.2) is 29.3 Å². The van der Waals surface area contributed by atoms with Crippen molar-refractivity contribution in [2.45, 2.75) is 51.6 Å². The second kappa shape index (κ2) is 15.2. The zero-order valence-corrected chi connectivity index (χ0v) is 28.0. The summed E-state index contributed by atoms with van der Waals surface area (Å²) in [4.78, 5) is 64.9. The van der Waals surface area contributed by atoms with E-state index in [1.165, 1.54) is 6.92 Å². The molecule has 49 heavy (non-hydrogen) atoms. The SMILES string of the molecule is CC(=O)c1c(C)c2cnc(Nc3ccc(N4CCN(S(=O)(=O)NC(=O)OCCNC(=O)[C@@H](N)CO)CC4)cn3)nc2n(C2CCCC2)c1=O. The van der Waals surface area contributed by atoms with Crippen LogP contribution < -0.4 is 31.5 Å². The molecule has 2 aliphatic rings. The van der Waals surface area contributed by atoms with Gasteiger partial charge in [0.25, 0.3) is 5.56 Å². The van der Waals surface area contributed by atoms with Crippen molar-refractivity contribution in [2.24, 2.45) is 5.73 Å². The number of carbonyl (C=O) groups is 3. The number of carbonyl (C=O) groups excluding carboxylic acids is 3. The zero-order valence-electron chi connectivity index (χ0n) is 27.2. The fourth-order valence-corrected chi connectivity index (χ4v) is 7.03. The molecule has 0 radical (unpaired) electrons. The summed E-state index contributed by atoms with van der Waals surface area (Å²) in [6, 6.07) is 2.40. The molecule has 2 fully saturated rings. The molecule has 4 heterocycles. The summed E-state index contributed by atoms with van der Waals surface area (Å²) < 4.78 is 34.8. The minimum Gasteiger partial charge on any atom is -0.447 e. The highest BCUT2D eigenvalue weighted by atomic mass is 32.2. The van der Waals surface area contributed by atoms with Crippen LogP contribution in [0.25, 0.3) is 11.0 Å². The van der Waals surface area contributed by atoms with Crippen molar-refractivity contribution < 1.29 is 32.6 Å². The van der Waals surface area contributed by atoms with Gasteiger partial charge in [-0.05, 0) is 44.4 Å². The van der Waals surface area contributed by atoms with Crippen LogP contribution in [0, 0.1) is 6.92 Å². The predicted octanol–water partition coefficient (Wildman–Crippen LogP) is 0.0850. The number of nitrogens with one attached hydrogen (secondary N) is 3. The van der Waals surface area contributed by atoms with E-state index in [1.807, 2.05) is 15.7 Å². The average Bonchev–Trinajstić information content (AvgIpc) is 3.61. The Bertz CT molecular complexity index is 1870. The Morgan fingerprint density at radius 1 is 1.10 bits per heavy atom. The first kappa shape index (κ1) is 35.6. The first-order chi connectivity index (χ1) is 23.4. The van der Waals surface area contributed by atoms with Crippen molar-refractivity contribution in [1.82, 2.24) is 33.9 Å². The molecule has 0 spiro atoms. The van der Waals surface area contributed by atoms with Crippen molar-refractivity contribution in [3.63, 3.8) is 0 Å². The molecule has 5 rings (SSSR count). The Morgan fingerprint density at radius 2 is 1.82 bits per heavy atom. The van der Waals surface area contributed by atoms with Crippen LogP contribution in [0.3, 0.4) is 0 Å². The van der Waals surface area contributed by atoms with Crippen LogP contribution >= 0.6 is 0 Å². The summed E-state index contributed by atoms with van der Waals surface area (Å²) in [5.41, 5.74) is 6.98. The van der Waals surface area contributed by atoms with Crippen LogP contribution in [0.5, 0.6) is 0 Å². The molecule has 0 bridgehead atoms. The minimum absolute atomic E-state index is 0.0435. The maximum absolute atomic E-state index is 13.5. The molecule has 6 N–H and O–H groups in total. The third-order valence-corrected chi connectivity index (χ3v) is 10.0. The Kier molecular flexibility index (Phi) is 11.1. The molecule has 0 aromatic carbocycles. The number of aliphatic hydroxyl groups excluding tert-OH is 1. The molecule has 264 valence electrons. The highest BCUT2D eigenvalue weighted by molar-refractivity contribution is 7.87. The molecule has 3 aromatic heterocycles. The van der Waals surface area contributed by atoms with Gasteiger partial charge in [-0.2, -0.15) is 17.7 Å². The highest BCUT2D eigenvalue weighted by Crippen LogP contribution is 2.32. The summed E-state index contributed by atoms with van der Waals surface area (Å²) >= 11 is 0. The summed E-state index contributed by atoms with van der Waals surface area (Å²) in [5.74, 6) is -0.223. The van der Waals surface area contributed by atoms with Crippen LogP contribution in [-0.4, -0.2) is 107 Å². The summed E-state index contributed by atoms with van der Waals surface area (Å²) in [5, 5.41) is 14.9. The Morgan fingerprint density at radius 3 is 2.45 bits per heavy atom. The van der Waals surface area contributed by atoms with Gasteiger partial charge in [-0.1, -0.05) is 12.8 Å². The van der Waals surface area contributed by atoms with Gasteiger partial charge in [-0.3, -0.25) is 19.0 Å². The molecule has 2 amide bonds. The lowest BCUT2D eigenvalue weighted by Crippen LogP contribution is -2.53. The molecule has 19 heteroatoms. The first-order valence-electron chi connectivity index (χ1n) is 15.9. The van der Waals surface area contributed by atoms with Gasteiger partial charge in [0, 0.05) is 43.8 Å². The van der Waals surface area contributed by atoms with E-state index in [0.717, 1.165) is 35.7 Å². The van der Waals surface area contributed by atoms with E-state index >= 15 is 0 Å². The molecule has 1 saturated heterocycles.